The van der Waals surface area contributed by atoms with Crippen LogP contribution >= 0.6 is 0 Å². The summed E-state index contributed by atoms with van der Waals surface area (Å²) in [5.74, 6) is 4.15. The van der Waals surface area contributed by atoms with E-state index in [4.69, 9.17) is 0 Å². The van der Waals surface area contributed by atoms with Crippen molar-refractivity contribution in [3.63, 3.8) is 0 Å². The molecule has 0 amide bonds. The molecular weight excluding hydrogens is 224 g/mol. The molecule has 3 aliphatic carbocycles. The fourth-order valence-electron chi connectivity index (χ4n) is 4.59. The van der Waals surface area contributed by atoms with Gasteiger partial charge in [0.05, 0.1) is 0 Å². The van der Waals surface area contributed by atoms with Crippen molar-refractivity contribution in [2.45, 2.75) is 64.2 Å². The van der Waals surface area contributed by atoms with Crippen LogP contribution in [0.2, 0.25) is 0 Å². The van der Waals surface area contributed by atoms with Crippen LogP contribution in [0.3, 0.4) is 0 Å². The van der Waals surface area contributed by atoms with E-state index in [9.17, 15) is 9.59 Å². The first-order valence-corrected chi connectivity index (χ1v) is 7.76. The zero-order chi connectivity index (χ0) is 12.5. The van der Waals surface area contributed by atoms with E-state index in [1.54, 1.807) is 0 Å². The predicted molar refractivity (Wildman–Crippen MR) is 70.1 cm³/mol. The Hall–Kier alpha value is -0.660. The molecule has 0 heterocycles. The third-order valence-electron chi connectivity index (χ3n) is 5.72. The van der Waals surface area contributed by atoms with Crippen molar-refractivity contribution in [2.24, 2.45) is 23.7 Å². The molecule has 3 atom stereocenters. The number of hydrogen-bond donors (Lipinski definition) is 0. The molecule has 3 aliphatic rings. The Morgan fingerprint density at radius 2 is 1.17 bits per heavy atom. The summed E-state index contributed by atoms with van der Waals surface area (Å²) in [5, 5.41) is 0. The number of carbonyl (C=O) groups excluding carboxylic acids is 2. The van der Waals surface area contributed by atoms with E-state index in [0.717, 1.165) is 62.7 Å². The Balaban J connectivity index is 1.57. The van der Waals surface area contributed by atoms with E-state index in [1.165, 1.54) is 19.3 Å². The predicted octanol–water partition coefficient (Wildman–Crippen LogP) is 3.53. The normalized spacial score (nSPS) is 38.6. The summed E-state index contributed by atoms with van der Waals surface area (Å²) in [6.07, 6.45) is 10.7. The van der Waals surface area contributed by atoms with Gasteiger partial charge in [0.1, 0.15) is 11.6 Å². The van der Waals surface area contributed by atoms with Crippen LogP contribution in [0, 0.1) is 23.7 Å². The molecule has 3 rings (SSSR count). The zero-order valence-corrected chi connectivity index (χ0v) is 11.2. The van der Waals surface area contributed by atoms with E-state index >= 15 is 0 Å². The third kappa shape index (κ3) is 2.53. The first-order chi connectivity index (χ1) is 8.72. The lowest BCUT2D eigenvalue weighted by atomic mass is 9.63. The molecule has 2 heteroatoms. The third-order valence-corrected chi connectivity index (χ3v) is 5.72. The van der Waals surface area contributed by atoms with Crippen molar-refractivity contribution >= 4 is 11.6 Å². The molecule has 0 radical (unpaired) electrons. The number of rotatable bonds is 1. The average molecular weight is 248 g/mol. The van der Waals surface area contributed by atoms with E-state index in [2.05, 4.69) is 0 Å². The molecule has 100 valence electrons. The fraction of sp³-hybridized carbons (Fsp3) is 0.875. The van der Waals surface area contributed by atoms with Crippen LogP contribution in [0.25, 0.3) is 0 Å². The van der Waals surface area contributed by atoms with Gasteiger partial charge in [-0.2, -0.15) is 0 Å². The summed E-state index contributed by atoms with van der Waals surface area (Å²) < 4.78 is 0. The number of carbonyl (C=O) groups is 2. The van der Waals surface area contributed by atoms with E-state index < -0.39 is 0 Å². The van der Waals surface area contributed by atoms with Crippen LogP contribution < -0.4 is 0 Å². The number of fused-ring (bicyclic) bond motifs is 1. The summed E-state index contributed by atoms with van der Waals surface area (Å²) in [6, 6.07) is 0. The highest BCUT2D eigenvalue weighted by molar-refractivity contribution is 5.79. The molecule has 0 bridgehead atoms. The van der Waals surface area contributed by atoms with Crippen LogP contribution in [0.4, 0.5) is 0 Å². The molecule has 0 aliphatic heterocycles. The monoisotopic (exact) mass is 248 g/mol. The maximum absolute atomic E-state index is 11.5. The SMILES string of the molecule is O=C1CCC(C2CCC3CC(=O)CCC3C2)CC1. The highest BCUT2D eigenvalue weighted by Gasteiger charge is 2.38. The fourth-order valence-corrected chi connectivity index (χ4v) is 4.59. The maximum Gasteiger partial charge on any atom is 0.133 e. The maximum atomic E-state index is 11.5. The first-order valence-electron chi connectivity index (χ1n) is 7.76. The number of ketones is 2. The molecule has 0 N–H and O–H groups in total. The van der Waals surface area contributed by atoms with Crippen molar-refractivity contribution < 1.29 is 9.59 Å². The molecule has 3 unspecified atom stereocenters. The molecule has 0 aromatic rings. The van der Waals surface area contributed by atoms with Gasteiger partial charge < -0.3 is 0 Å². The molecule has 0 saturated heterocycles. The van der Waals surface area contributed by atoms with Gasteiger partial charge in [-0.25, -0.2) is 0 Å². The lowest BCUT2D eigenvalue weighted by molar-refractivity contribution is -0.125. The Labute approximate surface area is 110 Å². The van der Waals surface area contributed by atoms with Crippen LogP contribution in [0.5, 0.6) is 0 Å². The van der Waals surface area contributed by atoms with Gasteiger partial charge >= 0.3 is 0 Å². The largest absolute Gasteiger partial charge is 0.300 e. The van der Waals surface area contributed by atoms with E-state index in [0.29, 0.717) is 17.5 Å². The molecule has 2 nitrogen and oxygen atoms in total. The van der Waals surface area contributed by atoms with Crippen molar-refractivity contribution in [1.29, 1.82) is 0 Å². The highest BCUT2D eigenvalue weighted by atomic mass is 16.1. The van der Waals surface area contributed by atoms with E-state index in [-0.39, 0.29) is 0 Å². The summed E-state index contributed by atoms with van der Waals surface area (Å²) in [4.78, 5) is 22.8. The van der Waals surface area contributed by atoms with Gasteiger partial charge in [0, 0.05) is 25.7 Å². The van der Waals surface area contributed by atoms with Crippen LogP contribution in [0.15, 0.2) is 0 Å². The van der Waals surface area contributed by atoms with Gasteiger partial charge in [-0.05, 0) is 62.2 Å². The van der Waals surface area contributed by atoms with Gasteiger partial charge in [-0.15, -0.1) is 0 Å². The number of Topliss-reactive ketones (excluding diaryl/α,β-unsaturated/α-hetero) is 2. The van der Waals surface area contributed by atoms with Gasteiger partial charge in [-0.1, -0.05) is 0 Å². The molecule has 3 fully saturated rings. The second-order valence-electron chi connectivity index (χ2n) is 6.75. The summed E-state index contributed by atoms with van der Waals surface area (Å²) in [7, 11) is 0. The topological polar surface area (TPSA) is 34.1 Å². The van der Waals surface area contributed by atoms with Crippen molar-refractivity contribution in [3.05, 3.63) is 0 Å². The zero-order valence-electron chi connectivity index (χ0n) is 11.2. The molecule has 0 aromatic heterocycles. The summed E-state index contributed by atoms with van der Waals surface area (Å²) in [5.41, 5.74) is 0. The van der Waals surface area contributed by atoms with Gasteiger partial charge in [0.15, 0.2) is 0 Å². The molecule has 18 heavy (non-hydrogen) atoms. The van der Waals surface area contributed by atoms with Crippen molar-refractivity contribution in [1.82, 2.24) is 0 Å². The molecule has 0 aromatic carbocycles. The minimum atomic E-state index is 0.475. The smallest absolute Gasteiger partial charge is 0.133 e. The van der Waals surface area contributed by atoms with Crippen molar-refractivity contribution in [3.8, 4) is 0 Å². The minimum absolute atomic E-state index is 0.475. The van der Waals surface area contributed by atoms with Crippen LogP contribution in [0.1, 0.15) is 64.2 Å². The Kier molecular flexibility index (Phi) is 3.54. The summed E-state index contributed by atoms with van der Waals surface area (Å²) >= 11 is 0. The van der Waals surface area contributed by atoms with Gasteiger partial charge in [-0.3, -0.25) is 9.59 Å². The van der Waals surface area contributed by atoms with Gasteiger partial charge in [0.25, 0.3) is 0 Å². The van der Waals surface area contributed by atoms with Crippen LogP contribution in [-0.4, -0.2) is 11.6 Å². The highest BCUT2D eigenvalue weighted by Crippen LogP contribution is 2.46. The molecule has 0 spiro atoms. The average Bonchev–Trinajstić information content (AvgIpc) is 2.39. The standard InChI is InChI=1S/C16H24O2/c17-15-6-3-11(4-7-15)12-1-2-14-10-16(18)8-5-13(14)9-12/h11-14H,1-10H2. The lowest BCUT2D eigenvalue weighted by Crippen LogP contribution is -2.34. The number of hydrogen-bond acceptors (Lipinski definition) is 2. The lowest BCUT2D eigenvalue weighted by Gasteiger charge is -2.42. The second kappa shape index (κ2) is 5.14. The molecular formula is C16H24O2. The Bertz CT molecular complexity index is 334. The molecule has 3 saturated carbocycles. The van der Waals surface area contributed by atoms with E-state index in [1.807, 2.05) is 0 Å². The summed E-state index contributed by atoms with van der Waals surface area (Å²) in [6.45, 7) is 0. The minimum Gasteiger partial charge on any atom is -0.300 e. The van der Waals surface area contributed by atoms with Crippen LogP contribution in [-0.2, 0) is 9.59 Å². The quantitative estimate of drug-likeness (QED) is 0.711. The second-order valence-corrected chi connectivity index (χ2v) is 6.75. The van der Waals surface area contributed by atoms with Crippen molar-refractivity contribution in [2.75, 3.05) is 0 Å². The Morgan fingerprint density at radius 3 is 1.94 bits per heavy atom. The Morgan fingerprint density at radius 1 is 0.611 bits per heavy atom. The first kappa shape index (κ1) is 12.4. The van der Waals surface area contributed by atoms with Gasteiger partial charge in [0.2, 0.25) is 0 Å².